The fourth-order valence-electron chi connectivity index (χ4n) is 4.89. The minimum atomic E-state index is -0.153. The second-order valence-electron chi connectivity index (χ2n) is 9.05. The monoisotopic (exact) mass is 487 g/mol. The molecule has 0 bridgehead atoms. The van der Waals surface area contributed by atoms with Crippen LogP contribution in [0, 0.1) is 5.92 Å². The Morgan fingerprint density at radius 3 is 2.06 bits per heavy atom. The normalized spacial score (nSPS) is 20.5. The summed E-state index contributed by atoms with van der Waals surface area (Å²) < 4.78 is 6.03. The van der Waals surface area contributed by atoms with Crippen molar-refractivity contribution in [1.82, 2.24) is 4.90 Å². The Bertz CT molecular complexity index is 1020. The van der Waals surface area contributed by atoms with Gasteiger partial charge >= 0.3 is 0 Å². The lowest BCUT2D eigenvalue weighted by Gasteiger charge is -2.32. The molecule has 1 saturated carbocycles. The van der Waals surface area contributed by atoms with Crippen LogP contribution in [-0.2, 0) is 4.74 Å². The van der Waals surface area contributed by atoms with Crippen LogP contribution in [0.1, 0.15) is 64.3 Å². The number of hydrogen-bond donors (Lipinski definition) is 0. The lowest BCUT2D eigenvalue weighted by atomic mass is 9.72. The van der Waals surface area contributed by atoms with E-state index in [1.54, 1.807) is 18.2 Å². The average molecular weight is 488 g/mol. The first kappa shape index (κ1) is 25.5. The van der Waals surface area contributed by atoms with Crippen LogP contribution in [0.25, 0.3) is 0 Å². The number of Topliss-reactive ketones (excluding diaryl/α,β-unsaturated/α-hetero) is 2. The van der Waals surface area contributed by atoms with Gasteiger partial charge in [0.25, 0.3) is 0 Å². The second kappa shape index (κ2) is 11.3. The van der Waals surface area contributed by atoms with Gasteiger partial charge in [-0.1, -0.05) is 48.0 Å². The molecule has 4 rings (SSSR count). The van der Waals surface area contributed by atoms with Crippen LogP contribution in [0.4, 0.5) is 0 Å². The summed E-state index contributed by atoms with van der Waals surface area (Å²) in [5.41, 5.74) is 2.85. The number of fused-ring (bicyclic) bond motifs is 1. The minimum absolute atomic E-state index is 0. The molecule has 2 aliphatic carbocycles. The highest BCUT2D eigenvalue weighted by Gasteiger charge is 2.38. The highest BCUT2D eigenvalue weighted by molar-refractivity contribution is 6.30. The molecule has 1 fully saturated rings. The van der Waals surface area contributed by atoms with Gasteiger partial charge in [-0.3, -0.25) is 9.59 Å². The zero-order valence-corrected chi connectivity index (χ0v) is 20.8. The van der Waals surface area contributed by atoms with E-state index in [0.29, 0.717) is 29.2 Å². The van der Waals surface area contributed by atoms with E-state index in [-0.39, 0.29) is 35.7 Å². The SMILES string of the molecule is CN(C)CCCOC1=C(C2CCC(c3ccc(Cl)cc3)CC2)C(=O)c2ccccc2C1=O.Cl. The van der Waals surface area contributed by atoms with Crippen molar-refractivity contribution in [2.24, 2.45) is 5.92 Å². The predicted molar refractivity (Wildman–Crippen MR) is 135 cm³/mol. The standard InChI is InChI=1S/C27H30ClNO3.ClH/c1-29(2)16-5-17-32-27-24(25(30)22-6-3-4-7-23(22)26(27)31)20-10-8-18(9-11-20)19-12-14-21(28)15-13-19;/h3-4,6-7,12-15,18,20H,5,8-11,16-17H2,1-2H3;1H. The Balaban J connectivity index is 0.00000306. The van der Waals surface area contributed by atoms with Crippen molar-refractivity contribution in [2.45, 2.75) is 38.0 Å². The third kappa shape index (κ3) is 5.68. The number of allylic oxidation sites excluding steroid dienone is 2. The molecule has 6 heteroatoms. The third-order valence-electron chi connectivity index (χ3n) is 6.58. The lowest BCUT2D eigenvalue weighted by Crippen LogP contribution is -2.29. The number of hydrogen-bond acceptors (Lipinski definition) is 4. The predicted octanol–water partition coefficient (Wildman–Crippen LogP) is 6.34. The van der Waals surface area contributed by atoms with Gasteiger partial charge in [0.05, 0.1) is 6.61 Å². The van der Waals surface area contributed by atoms with E-state index in [9.17, 15) is 9.59 Å². The zero-order chi connectivity index (χ0) is 22.7. The molecule has 2 aliphatic rings. The van der Waals surface area contributed by atoms with Gasteiger partial charge in [-0.2, -0.15) is 0 Å². The summed E-state index contributed by atoms with van der Waals surface area (Å²) in [6, 6.07) is 15.2. The molecule has 0 atom stereocenters. The molecule has 0 heterocycles. The van der Waals surface area contributed by atoms with E-state index >= 15 is 0 Å². The number of nitrogens with zero attached hydrogens (tertiary/aromatic N) is 1. The molecule has 0 aliphatic heterocycles. The molecule has 2 aromatic rings. The van der Waals surface area contributed by atoms with E-state index in [1.165, 1.54) is 5.56 Å². The van der Waals surface area contributed by atoms with Crippen molar-refractivity contribution in [2.75, 3.05) is 27.2 Å². The summed E-state index contributed by atoms with van der Waals surface area (Å²) in [5, 5.41) is 0.744. The molecule has 0 amide bonds. The number of ether oxygens (including phenoxy) is 1. The Morgan fingerprint density at radius 1 is 0.879 bits per heavy atom. The molecular weight excluding hydrogens is 457 g/mol. The summed E-state index contributed by atoms with van der Waals surface area (Å²) in [6.45, 7) is 1.30. The molecule has 4 nitrogen and oxygen atoms in total. The van der Waals surface area contributed by atoms with Gasteiger partial charge < -0.3 is 9.64 Å². The summed E-state index contributed by atoms with van der Waals surface area (Å²) >= 11 is 6.04. The van der Waals surface area contributed by atoms with Crippen LogP contribution in [0.3, 0.4) is 0 Å². The van der Waals surface area contributed by atoms with Crippen LogP contribution < -0.4 is 0 Å². The number of halogens is 2. The number of carbonyl (C=O) groups excluding carboxylic acids is 2. The number of rotatable bonds is 7. The molecule has 176 valence electrons. The first-order valence-electron chi connectivity index (χ1n) is 11.4. The van der Waals surface area contributed by atoms with Crippen LogP contribution in [-0.4, -0.2) is 43.7 Å². The van der Waals surface area contributed by atoms with Gasteiger partial charge in [-0.25, -0.2) is 0 Å². The lowest BCUT2D eigenvalue weighted by molar-refractivity contribution is 0.0848. The first-order chi connectivity index (χ1) is 15.5. The molecule has 0 radical (unpaired) electrons. The highest BCUT2D eigenvalue weighted by atomic mass is 35.5. The summed E-state index contributed by atoms with van der Waals surface area (Å²) in [6.07, 6.45) is 4.50. The van der Waals surface area contributed by atoms with Crippen molar-refractivity contribution in [1.29, 1.82) is 0 Å². The maximum Gasteiger partial charge on any atom is 0.228 e. The number of carbonyl (C=O) groups is 2. The van der Waals surface area contributed by atoms with E-state index in [1.807, 2.05) is 32.3 Å². The van der Waals surface area contributed by atoms with Gasteiger partial charge in [-0.05, 0) is 75.7 Å². The van der Waals surface area contributed by atoms with Gasteiger partial charge in [-0.15, -0.1) is 12.4 Å². The third-order valence-corrected chi connectivity index (χ3v) is 6.84. The summed E-state index contributed by atoms with van der Waals surface area (Å²) in [4.78, 5) is 28.9. The molecule has 2 aromatic carbocycles. The van der Waals surface area contributed by atoms with E-state index < -0.39 is 0 Å². The molecule has 0 spiro atoms. The molecule has 0 aromatic heterocycles. The van der Waals surface area contributed by atoms with Crippen LogP contribution in [0.2, 0.25) is 5.02 Å². The van der Waals surface area contributed by atoms with Crippen LogP contribution in [0.15, 0.2) is 59.9 Å². The van der Waals surface area contributed by atoms with Crippen LogP contribution in [0.5, 0.6) is 0 Å². The van der Waals surface area contributed by atoms with Crippen molar-refractivity contribution in [3.8, 4) is 0 Å². The summed E-state index contributed by atoms with van der Waals surface area (Å²) in [5.74, 6) is 0.586. The smallest absolute Gasteiger partial charge is 0.228 e. The maximum atomic E-state index is 13.5. The number of ketones is 2. The maximum absolute atomic E-state index is 13.5. The number of benzene rings is 2. The van der Waals surface area contributed by atoms with Crippen molar-refractivity contribution < 1.29 is 14.3 Å². The van der Waals surface area contributed by atoms with Crippen LogP contribution >= 0.6 is 24.0 Å². The molecule has 0 N–H and O–H groups in total. The van der Waals surface area contributed by atoms with E-state index in [4.69, 9.17) is 16.3 Å². The largest absolute Gasteiger partial charge is 0.489 e. The van der Waals surface area contributed by atoms with E-state index in [0.717, 1.165) is 43.7 Å². The van der Waals surface area contributed by atoms with Gasteiger partial charge in [0, 0.05) is 28.3 Å². The van der Waals surface area contributed by atoms with Crippen molar-refractivity contribution in [3.63, 3.8) is 0 Å². The fourth-order valence-corrected chi connectivity index (χ4v) is 5.02. The average Bonchev–Trinajstić information content (AvgIpc) is 2.80. The highest BCUT2D eigenvalue weighted by Crippen LogP contribution is 2.42. The Kier molecular flexibility index (Phi) is 8.75. The quantitative estimate of drug-likeness (QED) is 0.427. The molecular formula is C27H31Cl2NO3. The topological polar surface area (TPSA) is 46.6 Å². The van der Waals surface area contributed by atoms with Crippen molar-refractivity contribution in [3.05, 3.63) is 81.6 Å². The Labute approximate surface area is 207 Å². The van der Waals surface area contributed by atoms with Crippen molar-refractivity contribution >= 4 is 35.6 Å². The Morgan fingerprint density at radius 2 is 1.45 bits per heavy atom. The van der Waals surface area contributed by atoms with Gasteiger partial charge in [0.1, 0.15) is 0 Å². The van der Waals surface area contributed by atoms with Gasteiger partial charge in [0.2, 0.25) is 5.78 Å². The molecule has 33 heavy (non-hydrogen) atoms. The Hall–Kier alpha value is -2.14. The van der Waals surface area contributed by atoms with E-state index in [2.05, 4.69) is 17.0 Å². The molecule has 0 unspecified atom stereocenters. The van der Waals surface area contributed by atoms with Gasteiger partial charge in [0.15, 0.2) is 11.5 Å². The fraction of sp³-hybridized carbons (Fsp3) is 0.407. The second-order valence-corrected chi connectivity index (χ2v) is 9.49. The molecule has 0 saturated heterocycles. The zero-order valence-electron chi connectivity index (χ0n) is 19.2. The minimum Gasteiger partial charge on any atom is -0.489 e. The first-order valence-corrected chi connectivity index (χ1v) is 11.8. The summed E-state index contributed by atoms with van der Waals surface area (Å²) in [7, 11) is 4.02.